The van der Waals surface area contributed by atoms with Gasteiger partial charge in [0.15, 0.2) is 0 Å². The lowest BCUT2D eigenvalue weighted by Gasteiger charge is -2.11. The molecule has 1 aromatic heterocycles. The van der Waals surface area contributed by atoms with Gasteiger partial charge in [0, 0.05) is 11.4 Å². The SMILES string of the molecule is Cc1cc(C(=O)Nc2ccc(Oc3ccccc3I)cc2)c(N)nc1C. The van der Waals surface area contributed by atoms with Crippen molar-refractivity contribution >= 4 is 40.0 Å². The number of para-hydroxylation sites is 1. The molecule has 0 spiro atoms. The number of nitrogen functional groups attached to an aromatic ring is 1. The van der Waals surface area contributed by atoms with Crippen molar-refractivity contribution in [1.29, 1.82) is 0 Å². The molecule has 1 heterocycles. The maximum absolute atomic E-state index is 12.5. The van der Waals surface area contributed by atoms with Crippen LogP contribution in [0.15, 0.2) is 54.6 Å². The standard InChI is InChI=1S/C20H18IN3O2/c1-12-11-16(19(22)23-13(12)2)20(25)24-14-7-9-15(10-8-14)26-18-6-4-3-5-17(18)21/h3-11H,1-2H3,(H2,22,23)(H,24,25). The van der Waals surface area contributed by atoms with E-state index in [1.165, 1.54) is 0 Å². The molecule has 26 heavy (non-hydrogen) atoms. The molecule has 3 rings (SSSR count). The van der Waals surface area contributed by atoms with Crippen molar-refractivity contribution in [3.63, 3.8) is 0 Å². The van der Waals surface area contributed by atoms with Gasteiger partial charge in [-0.15, -0.1) is 0 Å². The van der Waals surface area contributed by atoms with Gasteiger partial charge in [0.25, 0.3) is 5.91 Å². The molecule has 0 bridgehead atoms. The van der Waals surface area contributed by atoms with E-state index in [-0.39, 0.29) is 11.7 Å². The number of nitrogens with zero attached hydrogens (tertiary/aromatic N) is 1. The smallest absolute Gasteiger partial charge is 0.259 e. The number of aryl methyl sites for hydroxylation is 2. The second kappa shape index (κ2) is 7.74. The minimum Gasteiger partial charge on any atom is -0.456 e. The van der Waals surface area contributed by atoms with Crippen LogP contribution in [0, 0.1) is 17.4 Å². The van der Waals surface area contributed by atoms with Crippen molar-refractivity contribution in [2.24, 2.45) is 0 Å². The minimum atomic E-state index is -0.288. The second-order valence-corrected chi connectivity index (χ2v) is 7.00. The summed E-state index contributed by atoms with van der Waals surface area (Å²) in [5.74, 6) is 1.42. The molecule has 0 radical (unpaired) electrons. The first kappa shape index (κ1) is 18.2. The zero-order valence-corrected chi connectivity index (χ0v) is 16.6. The molecule has 0 aliphatic rings. The number of anilines is 2. The molecule has 0 saturated heterocycles. The Hall–Kier alpha value is -2.61. The first-order valence-electron chi connectivity index (χ1n) is 8.01. The summed E-state index contributed by atoms with van der Waals surface area (Å²) in [4.78, 5) is 16.7. The zero-order valence-electron chi connectivity index (χ0n) is 14.4. The molecule has 2 aromatic carbocycles. The number of hydrogen-bond donors (Lipinski definition) is 2. The fraction of sp³-hybridized carbons (Fsp3) is 0.100. The number of nitrogens with two attached hydrogens (primary N) is 1. The number of amides is 1. The van der Waals surface area contributed by atoms with E-state index in [1.807, 2.05) is 38.1 Å². The minimum absolute atomic E-state index is 0.226. The molecule has 0 aliphatic carbocycles. The number of benzene rings is 2. The highest BCUT2D eigenvalue weighted by Gasteiger charge is 2.13. The summed E-state index contributed by atoms with van der Waals surface area (Å²) in [6.07, 6.45) is 0. The molecule has 0 saturated carbocycles. The van der Waals surface area contributed by atoms with E-state index >= 15 is 0 Å². The fourth-order valence-electron chi connectivity index (χ4n) is 2.37. The number of rotatable bonds is 4. The van der Waals surface area contributed by atoms with Crippen LogP contribution in [0.1, 0.15) is 21.6 Å². The number of nitrogens with one attached hydrogen (secondary N) is 1. The topological polar surface area (TPSA) is 77.2 Å². The summed E-state index contributed by atoms with van der Waals surface area (Å²) >= 11 is 2.22. The Morgan fingerprint density at radius 2 is 1.81 bits per heavy atom. The van der Waals surface area contributed by atoms with E-state index in [4.69, 9.17) is 10.5 Å². The molecule has 132 valence electrons. The van der Waals surface area contributed by atoms with E-state index in [9.17, 15) is 4.79 Å². The summed E-state index contributed by atoms with van der Waals surface area (Å²) < 4.78 is 6.88. The second-order valence-electron chi connectivity index (χ2n) is 5.83. The number of pyridine rings is 1. The molecule has 0 aliphatic heterocycles. The predicted molar refractivity (Wildman–Crippen MR) is 112 cm³/mol. The van der Waals surface area contributed by atoms with Crippen LogP contribution in [0.2, 0.25) is 0 Å². The number of hydrogen-bond acceptors (Lipinski definition) is 4. The van der Waals surface area contributed by atoms with Crippen molar-refractivity contribution in [3.8, 4) is 11.5 Å². The Morgan fingerprint density at radius 1 is 1.12 bits per heavy atom. The van der Waals surface area contributed by atoms with Gasteiger partial charge in [-0.1, -0.05) is 12.1 Å². The monoisotopic (exact) mass is 459 g/mol. The van der Waals surface area contributed by atoms with Crippen LogP contribution >= 0.6 is 22.6 Å². The average molecular weight is 459 g/mol. The summed E-state index contributed by atoms with van der Waals surface area (Å²) in [6, 6.07) is 16.7. The fourth-order valence-corrected chi connectivity index (χ4v) is 2.86. The van der Waals surface area contributed by atoms with Gasteiger partial charge < -0.3 is 15.8 Å². The normalized spacial score (nSPS) is 10.4. The van der Waals surface area contributed by atoms with Crippen LogP contribution in [-0.4, -0.2) is 10.9 Å². The van der Waals surface area contributed by atoms with E-state index in [2.05, 4.69) is 32.9 Å². The van der Waals surface area contributed by atoms with E-state index < -0.39 is 0 Å². The molecule has 5 nitrogen and oxygen atoms in total. The van der Waals surface area contributed by atoms with Gasteiger partial charge in [0.05, 0.1) is 9.13 Å². The molecule has 6 heteroatoms. The maximum Gasteiger partial charge on any atom is 0.259 e. The Morgan fingerprint density at radius 3 is 2.50 bits per heavy atom. The Labute approximate surface area is 165 Å². The third kappa shape index (κ3) is 4.13. The van der Waals surface area contributed by atoms with Gasteiger partial charge in [-0.05, 0) is 84.5 Å². The highest BCUT2D eigenvalue weighted by atomic mass is 127. The van der Waals surface area contributed by atoms with Gasteiger partial charge in [-0.3, -0.25) is 4.79 Å². The van der Waals surface area contributed by atoms with Crippen LogP contribution in [0.3, 0.4) is 0 Å². The molecule has 1 amide bonds. The number of carbonyl (C=O) groups excluding carboxylic acids is 1. The van der Waals surface area contributed by atoms with Crippen LogP contribution in [0.4, 0.5) is 11.5 Å². The number of carbonyl (C=O) groups is 1. The molecule has 3 N–H and O–H groups in total. The lowest BCUT2D eigenvalue weighted by Crippen LogP contribution is -2.15. The van der Waals surface area contributed by atoms with E-state index in [0.717, 1.165) is 20.6 Å². The van der Waals surface area contributed by atoms with Crippen LogP contribution in [0.5, 0.6) is 11.5 Å². The van der Waals surface area contributed by atoms with E-state index in [1.54, 1.807) is 30.3 Å². The molecule has 0 atom stereocenters. The molecule has 3 aromatic rings. The van der Waals surface area contributed by atoms with E-state index in [0.29, 0.717) is 17.0 Å². The zero-order chi connectivity index (χ0) is 18.7. The molecule has 0 fully saturated rings. The lowest BCUT2D eigenvalue weighted by atomic mass is 10.1. The van der Waals surface area contributed by atoms with Gasteiger partial charge >= 0.3 is 0 Å². The summed E-state index contributed by atoms with van der Waals surface area (Å²) in [5, 5.41) is 2.83. The molecule has 0 unspecified atom stereocenters. The number of ether oxygens (including phenoxy) is 1. The summed E-state index contributed by atoms with van der Waals surface area (Å²) in [6.45, 7) is 3.76. The van der Waals surface area contributed by atoms with Gasteiger partial charge in [0.1, 0.15) is 17.3 Å². The van der Waals surface area contributed by atoms with Crippen molar-refractivity contribution in [1.82, 2.24) is 4.98 Å². The molecular weight excluding hydrogens is 441 g/mol. The number of halogens is 1. The van der Waals surface area contributed by atoms with Gasteiger partial charge in [0.2, 0.25) is 0 Å². The third-order valence-corrected chi connectivity index (χ3v) is 4.81. The summed E-state index contributed by atoms with van der Waals surface area (Å²) in [7, 11) is 0. The van der Waals surface area contributed by atoms with Crippen molar-refractivity contribution < 1.29 is 9.53 Å². The van der Waals surface area contributed by atoms with Crippen molar-refractivity contribution in [3.05, 3.63) is 75.0 Å². The largest absolute Gasteiger partial charge is 0.456 e. The van der Waals surface area contributed by atoms with Crippen LogP contribution in [-0.2, 0) is 0 Å². The van der Waals surface area contributed by atoms with Gasteiger partial charge in [-0.25, -0.2) is 4.98 Å². The van der Waals surface area contributed by atoms with Gasteiger partial charge in [-0.2, -0.15) is 0 Å². The van der Waals surface area contributed by atoms with Crippen LogP contribution < -0.4 is 15.8 Å². The highest BCUT2D eigenvalue weighted by molar-refractivity contribution is 14.1. The first-order valence-corrected chi connectivity index (χ1v) is 9.09. The average Bonchev–Trinajstić information content (AvgIpc) is 2.61. The number of aromatic nitrogens is 1. The Kier molecular flexibility index (Phi) is 5.41. The predicted octanol–water partition coefficient (Wildman–Crippen LogP) is 4.93. The molecular formula is C20H18IN3O2. The first-order chi connectivity index (χ1) is 12.4. The van der Waals surface area contributed by atoms with Crippen molar-refractivity contribution in [2.45, 2.75) is 13.8 Å². The Bertz CT molecular complexity index is 956. The lowest BCUT2D eigenvalue weighted by molar-refractivity contribution is 0.102. The maximum atomic E-state index is 12.5. The third-order valence-electron chi connectivity index (χ3n) is 3.92. The van der Waals surface area contributed by atoms with Crippen LogP contribution in [0.25, 0.3) is 0 Å². The summed E-state index contributed by atoms with van der Waals surface area (Å²) in [5.41, 5.74) is 8.64. The Balaban J connectivity index is 1.72. The van der Waals surface area contributed by atoms with Crippen molar-refractivity contribution in [2.75, 3.05) is 11.1 Å². The highest BCUT2D eigenvalue weighted by Crippen LogP contribution is 2.27. The quantitative estimate of drug-likeness (QED) is 0.543.